The number of rotatable bonds is 10. The molecule has 0 bridgehead atoms. The predicted molar refractivity (Wildman–Crippen MR) is 136 cm³/mol. The Bertz CT molecular complexity index is 913. The highest BCUT2D eigenvalue weighted by atomic mass is 16.6. The standard InChI is InChI=1S/C26H42N4O8/c1-7-14(2)19-20(37-24(19)34)22(32)28-17-12-16(17)13-18(23(33)30-8-10-36-11-9-30)29-21(31)15(3)27-25(35)38-26(4,5)6/h14-20H,7-13H2,1-6H3,(H,27,35)(H,28,32)(H,29,31). The van der Waals surface area contributed by atoms with Gasteiger partial charge in [-0.05, 0) is 52.4 Å². The van der Waals surface area contributed by atoms with Crippen LogP contribution in [0.4, 0.5) is 4.79 Å². The first kappa shape index (κ1) is 29.7. The molecule has 0 spiro atoms. The summed E-state index contributed by atoms with van der Waals surface area (Å²) in [5.74, 6) is -1.83. The molecule has 12 nitrogen and oxygen atoms in total. The molecule has 1 saturated carbocycles. The second-order valence-corrected chi connectivity index (χ2v) is 11.5. The highest BCUT2D eigenvalue weighted by molar-refractivity contribution is 5.94. The average Bonchev–Trinajstić information content (AvgIpc) is 3.57. The van der Waals surface area contributed by atoms with Crippen molar-refractivity contribution in [1.82, 2.24) is 20.9 Å². The van der Waals surface area contributed by atoms with E-state index in [1.807, 2.05) is 13.8 Å². The molecule has 3 aliphatic rings. The van der Waals surface area contributed by atoms with Crippen LogP contribution in [0.25, 0.3) is 0 Å². The molecule has 0 aromatic rings. The molecule has 4 amide bonds. The van der Waals surface area contributed by atoms with Crippen molar-refractivity contribution in [3.63, 3.8) is 0 Å². The lowest BCUT2D eigenvalue weighted by molar-refractivity contribution is -0.193. The lowest BCUT2D eigenvalue weighted by Crippen LogP contribution is -2.57. The SMILES string of the molecule is CCC(C)C1C(=O)OC1C(=O)NC1CC1CC(NC(=O)C(C)NC(=O)OC(C)(C)C)C(=O)N1CCOCC1. The molecule has 214 valence electrons. The summed E-state index contributed by atoms with van der Waals surface area (Å²) in [5.41, 5.74) is -0.715. The van der Waals surface area contributed by atoms with Crippen molar-refractivity contribution in [2.45, 2.75) is 90.6 Å². The van der Waals surface area contributed by atoms with Crippen LogP contribution in [0.2, 0.25) is 0 Å². The minimum Gasteiger partial charge on any atom is -0.451 e. The van der Waals surface area contributed by atoms with Gasteiger partial charge in [-0.1, -0.05) is 20.3 Å². The number of carbonyl (C=O) groups is 5. The second kappa shape index (κ2) is 12.3. The minimum absolute atomic E-state index is 0.0267. The van der Waals surface area contributed by atoms with E-state index in [4.69, 9.17) is 14.2 Å². The van der Waals surface area contributed by atoms with E-state index in [-0.39, 0.29) is 35.7 Å². The van der Waals surface area contributed by atoms with Crippen LogP contribution in [0, 0.1) is 17.8 Å². The summed E-state index contributed by atoms with van der Waals surface area (Å²) in [7, 11) is 0. The molecule has 12 heteroatoms. The molecule has 0 aromatic carbocycles. The van der Waals surface area contributed by atoms with Crippen LogP contribution in [0.1, 0.15) is 60.8 Å². The summed E-state index contributed by atoms with van der Waals surface area (Å²) >= 11 is 0. The van der Waals surface area contributed by atoms with E-state index in [2.05, 4.69) is 16.0 Å². The second-order valence-electron chi connectivity index (χ2n) is 11.5. The maximum Gasteiger partial charge on any atom is 0.408 e. The van der Waals surface area contributed by atoms with Gasteiger partial charge >= 0.3 is 12.1 Å². The maximum atomic E-state index is 13.3. The average molecular weight is 539 g/mol. The van der Waals surface area contributed by atoms with Crippen LogP contribution in [-0.2, 0) is 33.4 Å². The van der Waals surface area contributed by atoms with Gasteiger partial charge in [0.1, 0.15) is 23.6 Å². The summed E-state index contributed by atoms with van der Waals surface area (Å²) in [6.07, 6.45) is 0.222. The Labute approximate surface area is 223 Å². The number of nitrogens with zero attached hydrogens (tertiary/aromatic N) is 1. The van der Waals surface area contributed by atoms with Gasteiger partial charge in [-0.15, -0.1) is 0 Å². The summed E-state index contributed by atoms with van der Waals surface area (Å²) < 4.78 is 15.7. The van der Waals surface area contributed by atoms with E-state index >= 15 is 0 Å². The summed E-state index contributed by atoms with van der Waals surface area (Å²) in [6.45, 7) is 12.3. The molecular formula is C26H42N4O8. The summed E-state index contributed by atoms with van der Waals surface area (Å²) in [6, 6.07) is -1.93. The molecule has 3 rings (SSSR count). The molecule has 1 aliphatic carbocycles. The third-order valence-corrected chi connectivity index (χ3v) is 7.21. The molecule has 2 heterocycles. The Morgan fingerprint density at radius 3 is 2.34 bits per heavy atom. The molecule has 0 aromatic heterocycles. The van der Waals surface area contributed by atoms with Gasteiger partial charge in [-0.2, -0.15) is 0 Å². The molecular weight excluding hydrogens is 496 g/mol. The molecule has 3 fully saturated rings. The fourth-order valence-corrected chi connectivity index (χ4v) is 4.65. The third-order valence-electron chi connectivity index (χ3n) is 7.21. The number of nitrogens with one attached hydrogen (secondary N) is 3. The van der Waals surface area contributed by atoms with Crippen LogP contribution >= 0.6 is 0 Å². The van der Waals surface area contributed by atoms with Gasteiger partial charge in [0.2, 0.25) is 11.8 Å². The van der Waals surface area contributed by atoms with Crippen molar-refractivity contribution < 1.29 is 38.2 Å². The molecule has 0 radical (unpaired) electrons. The van der Waals surface area contributed by atoms with Crippen molar-refractivity contribution in [3.05, 3.63) is 0 Å². The first-order valence-corrected chi connectivity index (χ1v) is 13.5. The van der Waals surface area contributed by atoms with E-state index in [1.165, 1.54) is 6.92 Å². The topological polar surface area (TPSA) is 152 Å². The highest BCUT2D eigenvalue weighted by Gasteiger charge is 2.51. The number of hydrogen-bond acceptors (Lipinski definition) is 8. The fraction of sp³-hybridized carbons (Fsp3) is 0.808. The minimum atomic E-state index is -0.926. The maximum absolute atomic E-state index is 13.3. The van der Waals surface area contributed by atoms with Gasteiger partial charge in [-0.3, -0.25) is 19.2 Å². The van der Waals surface area contributed by atoms with Gasteiger partial charge in [0.15, 0.2) is 6.10 Å². The molecule has 7 unspecified atom stereocenters. The van der Waals surface area contributed by atoms with Gasteiger partial charge in [0.05, 0.1) is 13.2 Å². The van der Waals surface area contributed by atoms with Crippen molar-refractivity contribution in [3.8, 4) is 0 Å². The first-order valence-electron chi connectivity index (χ1n) is 13.5. The van der Waals surface area contributed by atoms with Gasteiger partial charge in [-0.25, -0.2) is 4.79 Å². The zero-order valence-electron chi connectivity index (χ0n) is 23.2. The van der Waals surface area contributed by atoms with E-state index in [0.29, 0.717) is 39.1 Å². The number of ether oxygens (including phenoxy) is 3. The van der Waals surface area contributed by atoms with Crippen LogP contribution < -0.4 is 16.0 Å². The number of esters is 1. The summed E-state index contributed by atoms with van der Waals surface area (Å²) in [4.78, 5) is 64.5. The van der Waals surface area contributed by atoms with Crippen molar-refractivity contribution in [2.24, 2.45) is 17.8 Å². The normalized spacial score (nSPS) is 27.1. The van der Waals surface area contributed by atoms with Crippen molar-refractivity contribution in [2.75, 3.05) is 26.3 Å². The number of hydrogen-bond donors (Lipinski definition) is 3. The predicted octanol–water partition coefficient (Wildman–Crippen LogP) is 0.726. The third kappa shape index (κ3) is 7.81. The lowest BCUT2D eigenvalue weighted by atomic mass is 9.83. The Morgan fingerprint density at radius 1 is 1.11 bits per heavy atom. The van der Waals surface area contributed by atoms with Crippen LogP contribution in [0.5, 0.6) is 0 Å². The summed E-state index contributed by atoms with van der Waals surface area (Å²) in [5, 5.41) is 8.21. The fourth-order valence-electron chi connectivity index (χ4n) is 4.65. The number of amides is 4. The van der Waals surface area contributed by atoms with E-state index < -0.39 is 41.7 Å². The van der Waals surface area contributed by atoms with Crippen LogP contribution in [-0.4, -0.2) is 90.8 Å². The monoisotopic (exact) mass is 538 g/mol. The van der Waals surface area contributed by atoms with E-state index in [9.17, 15) is 24.0 Å². The zero-order valence-corrected chi connectivity index (χ0v) is 23.2. The lowest BCUT2D eigenvalue weighted by Gasteiger charge is -2.37. The van der Waals surface area contributed by atoms with E-state index in [0.717, 1.165) is 6.42 Å². The van der Waals surface area contributed by atoms with E-state index in [1.54, 1.807) is 25.7 Å². The molecule has 7 atom stereocenters. The Hall–Kier alpha value is -2.89. The first-order chi connectivity index (χ1) is 17.8. The van der Waals surface area contributed by atoms with Gasteiger partial charge < -0.3 is 35.1 Å². The smallest absolute Gasteiger partial charge is 0.408 e. The number of cyclic esters (lactones) is 1. The largest absolute Gasteiger partial charge is 0.451 e. The molecule has 3 N–H and O–H groups in total. The Morgan fingerprint density at radius 2 is 1.76 bits per heavy atom. The van der Waals surface area contributed by atoms with Gasteiger partial charge in [0.25, 0.3) is 5.91 Å². The van der Waals surface area contributed by atoms with Crippen molar-refractivity contribution >= 4 is 29.8 Å². The molecule has 2 saturated heterocycles. The van der Waals surface area contributed by atoms with Crippen LogP contribution in [0.15, 0.2) is 0 Å². The zero-order chi connectivity index (χ0) is 28.2. The Balaban J connectivity index is 1.58. The molecule has 2 aliphatic heterocycles. The quantitative estimate of drug-likeness (QED) is 0.344. The molecule has 38 heavy (non-hydrogen) atoms. The number of morpholine rings is 1. The van der Waals surface area contributed by atoms with Crippen molar-refractivity contribution in [1.29, 1.82) is 0 Å². The number of alkyl carbamates (subject to hydrolysis) is 1. The Kier molecular flexibility index (Phi) is 9.61. The van der Waals surface area contributed by atoms with Gasteiger partial charge in [0, 0.05) is 19.1 Å². The highest BCUT2D eigenvalue weighted by Crippen LogP contribution is 2.37. The number of carbonyl (C=O) groups excluding carboxylic acids is 5. The van der Waals surface area contributed by atoms with Crippen LogP contribution in [0.3, 0.4) is 0 Å².